The Hall–Kier alpha value is -0.800. The number of para-hydroxylation sites is 1. The third kappa shape index (κ3) is 2.02. The van der Waals surface area contributed by atoms with Crippen LogP contribution in [0.15, 0.2) is 18.2 Å². The van der Waals surface area contributed by atoms with Crippen LogP contribution in [0.2, 0.25) is 5.02 Å². The van der Waals surface area contributed by atoms with Gasteiger partial charge in [0.15, 0.2) is 4.77 Å². The molecular formula is C12H15ClN2S. The monoisotopic (exact) mass is 254 g/mol. The SMILES string of the molecule is CCC(C)Cn1c(=S)[nH]c2cccc(Cl)c21. The van der Waals surface area contributed by atoms with E-state index in [1.165, 1.54) is 0 Å². The summed E-state index contributed by atoms with van der Waals surface area (Å²) >= 11 is 11.5. The largest absolute Gasteiger partial charge is 0.331 e. The second-order valence-electron chi connectivity index (χ2n) is 4.19. The van der Waals surface area contributed by atoms with Crippen molar-refractivity contribution in [3.63, 3.8) is 0 Å². The molecule has 4 heteroatoms. The molecule has 0 fully saturated rings. The van der Waals surface area contributed by atoms with Gasteiger partial charge in [0, 0.05) is 6.54 Å². The van der Waals surface area contributed by atoms with Crippen molar-refractivity contribution >= 4 is 34.9 Å². The number of nitrogens with zero attached hydrogens (tertiary/aromatic N) is 1. The lowest BCUT2D eigenvalue weighted by atomic mass is 10.1. The molecule has 2 aromatic rings. The first-order valence-corrected chi connectivity index (χ1v) is 6.29. The van der Waals surface area contributed by atoms with Crippen LogP contribution in [-0.4, -0.2) is 9.55 Å². The van der Waals surface area contributed by atoms with Crippen molar-refractivity contribution in [2.45, 2.75) is 26.8 Å². The maximum atomic E-state index is 6.22. The summed E-state index contributed by atoms with van der Waals surface area (Å²) in [5.41, 5.74) is 2.04. The van der Waals surface area contributed by atoms with Gasteiger partial charge >= 0.3 is 0 Å². The average molecular weight is 255 g/mol. The minimum absolute atomic E-state index is 0.599. The van der Waals surface area contributed by atoms with E-state index in [1.54, 1.807) is 0 Å². The van der Waals surface area contributed by atoms with Crippen LogP contribution in [0.5, 0.6) is 0 Å². The van der Waals surface area contributed by atoms with E-state index >= 15 is 0 Å². The molecule has 86 valence electrons. The second kappa shape index (κ2) is 4.60. The van der Waals surface area contributed by atoms with E-state index in [0.717, 1.165) is 33.8 Å². The Labute approximate surface area is 105 Å². The van der Waals surface area contributed by atoms with E-state index in [1.807, 2.05) is 18.2 Å². The highest BCUT2D eigenvalue weighted by Gasteiger charge is 2.09. The van der Waals surface area contributed by atoms with Crippen molar-refractivity contribution < 1.29 is 0 Å². The zero-order valence-electron chi connectivity index (χ0n) is 9.46. The Morgan fingerprint density at radius 2 is 2.25 bits per heavy atom. The minimum atomic E-state index is 0.599. The van der Waals surface area contributed by atoms with Gasteiger partial charge in [-0.3, -0.25) is 0 Å². The number of rotatable bonds is 3. The number of aromatic amines is 1. The number of hydrogen-bond acceptors (Lipinski definition) is 1. The standard InChI is InChI=1S/C12H15ClN2S/c1-3-8(2)7-15-11-9(13)5-4-6-10(11)14-12(15)16/h4-6,8H,3,7H2,1-2H3,(H,14,16). The van der Waals surface area contributed by atoms with Crippen LogP contribution in [-0.2, 0) is 6.54 Å². The van der Waals surface area contributed by atoms with Gasteiger partial charge in [-0.05, 0) is 30.3 Å². The van der Waals surface area contributed by atoms with Crippen LogP contribution in [0, 0.1) is 10.7 Å². The number of H-pyrrole nitrogens is 1. The third-order valence-corrected chi connectivity index (χ3v) is 3.56. The molecule has 16 heavy (non-hydrogen) atoms. The van der Waals surface area contributed by atoms with E-state index in [9.17, 15) is 0 Å². The average Bonchev–Trinajstić information content (AvgIpc) is 2.56. The summed E-state index contributed by atoms with van der Waals surface area (Å²) in [5.74, 6) is 0.599. The highest BCUT2D eigenvalue weighted by Crippen LogP contribution is 2.24. The molecule has 1 N–H and O–H groups in total. The number of imidazole rings is 1. The van der Waals surface area contributed by atoms with Crippen molar-refractivity contribution in [2.24, 2.45) is 5.92 Å². The number of halogens is 1. The molecule has 0 bridgehead atoms. The van der Waals surface area contributed by atoms with Crippen molar-refractivity contribution in [3.05, 3.63) is 28.0 Å². The molecule has 1 aromatic carbocycles. The first kappa shape index (κ1) is 11.7. The highest BCUT2D eigenvalue weighted by atomic mass is 35.5. The molecule has 2 rings (SSSR count). The predicted molar refractivity (Wildman–Crippen MR) is 71.6 cm³/mol. The van der Waals surface area contributed by atoms with Crippen LogP contribution in [0.1, 0.15) is 20.3 Å². The van der Waals surface area contributed by atoms with Crippen LogP contribution in [0.4, 0.5) is 0 Å². The molecule has 2 nitrogen and oxygen atoms in total. The molecule has 1 atom stereocenters. The topological polar surface area (TPSA) is 20.7 Å². The van der Waals surface area contributed by atoms with Gasteiger partial charge in [-0.1, -0.05) is 37.9 Å². The van der Waals surface area contributed by atoms with Gasteiger partial charge < -0.3 is 9.55 Å². The molecule has 1 heterocycles. The van der Waals surface area contributed by atoms with Crippen molar-refractivity contribution in [2.75, 3.05) is 0 Å². The number of fused-ring (bicyclic) bond motifs is 1. The lowest BCUT2D eigenvalue weighted by Gasteiger charge is -2.10. The summed E-state index contributed by atoms with van der Waals surface area (Å²) in [7, 11) is 0. The summed E-state index contributed by atoms with van der Waals surface area (Å²) in [4.78, 5) is 3.19. The number of nitrogens with one attached hydrogen (secondary N) is 1. The Balaban J connectivity index is 2.59. The molecule has 0 aliphatic carbocycles. The van der Waals surface area contributed by atoms with Crippen molar-refractivity contribution in [1.29, 1.82) is 0 Å². The fourth-order valence-electron chi connectivity index (χ4n) is 1.79. The van der Waals surface area contributed by atoms with Gasteiger partial charge in [-0.15, -0.1) is 0 Å². The van der Waals surface area contributed by atoms with Crippen molar-refractivity contribution in [3.8, 4) is 0 Å². The number of benzene rings is 1. The summed E-state index contributed by atoms with van der Waals surface area (Å²) < 4.78 is 2.85. The van der Waals surface area contributed by atoms with E-state index in [-0.39, 0.29) is 0 Å². The Kier molecular flexibility index (Phi) is 3.36. The summed E-state index contributed by atoms with van der Waals surface area (Å²) in [6.45, 7) is 5.32. The van der Waals surface area contributed by atoms with Gasteiger partial charge in [-0.2, -0.15) is 0 Å². The van der Waals surface area contributed by atoms with Gasteiger partial charge in [0.2, 0.25) is 0 Å². The smallest absolute Gasteiger partial charge is 0.178 e. The Morgan fingerprint density at radius 3 is 2.94 bits per heavy atom. The quantitative estimate of drug-likeness (QED) is 0.806. The maximum absolute atomic E-state index is 6.22. The summed E-state index contributed by atoms with van der Waals surface area (Å²) in [5, 5.41) is 0.758. The Morgan fingerprint density at radius 1 is 1.50 bits per heavy atom. The van der Waals surface area contributed by atoms with E-state index in [0.29, 0.717) is 5.92 Å². The van der Waals surface area contributed by atoms with Crippen molar-refractivity contribution in [1.82, 2.24) is 9.55 Å². The van der Waals surface area contributed by atoms with E-state index in [2.05, 4.69) is 23.4 Å². The molecule has 0 aliphatic rings. The maximum Gasteiger partial charge on any atom is 0.178 e. The third-order valence-electron chi connectivity index (χ3n) is 2.93. The lowest BCUT2D eigenvalue weighted by Crippen LogP contribution is -2.06. The Bertz CT molecular complexity index is 556. The molecular weight excluding hydrogens is 240 g/mol. The molecule has 0 saturated carbocycles. The molecule has 1 aromatic heterocycles. The molecule has 0 spiro atoms. The fraction of sp³-hybridized carbons (Fsp3) is 0.417. The summed E-state index contributed by atoms with van der Waals surface area (Å²) in [6, 6.07) is 5.84. The van der Waals surface area contributed by atoms with Gasteiger partial charge in [-0.25, -0.2) is 0 Å². The molecule has 0 saturated heterocycles. The van der Waals surface area contributed by atoms with Gasteiger partial charge in [0.25, 0.3) is 0 Å². The zero-order valence-corrected chi connectivity index (χ0v) is 11.0. The molecule has 0 amide bonds. The molecule has 1 unspecified atom stereocenters. The first-order chi connectivity index (χ1) is 7.63. The zero-order chi connectivity index (χ0) is 11.7. The molecule has 0 radical (unpaired) electrons. The van der Waals surface area contributed by atoms with Crippen LogP contribution >= 0.6 is 23.8 Å². The highest BCUT2D eigenvalue weighted by molar-refractivity contribution is 7.71. The fourth-order valence-corrected chi connectivity index (χ4v) is 2.34. The van der Waals surface area contributed by atoms with Gasteiger partial charge in [0.05, 0.1) is 16.1 Å². The van der Waals surface area contributed by atoms with E-state index in [4.69, 9.17) is 23.8 Å². The first-order valence-electron chi connectivity index (χ1n) is 5.50. The molecule has 0 aliphatic heterocycles. The van der Waals surface area contributed by atoms with Crippen LogP contribution in [0.3, 0.4) is 0 Å². The second-order valence-corrected chi connectivity index (χ2v) is 4.98. The minimum Gasteiger partial charge on any atom is -0.331 e. The van der Waals surface area contributed by atoms with Crippen LogP contribution in [0.25, 0.3) is 11.0 Å². The normalized spacial score (nSPS) is 13.2. The summed E-state index contributed by atoms with van der Waals surface area (Å²) in [6.07, 6.45) is 1.14. The van der Waals surface area contributed by atoms with Gasteiger partial charge in [0.1, 0.15) is 0 Å². The predicted octanol–water partition coefficient (Wildman–Crippen LogP) is 4.40. The van der Waals surface area contributed by atoms with Crippen LogP contribution < -0.4 is 0 Å². The number of aromatic nitrogens is 2. The van der Waals surface area contributed by atoms with E-state index < -0.39 is 0 Å². The lowest BCUT2D eigenvalue weighted by molar-refractivity contribution is 0.473. The number of hydrogen-bond donors (Lipinski definition) is 1.